The Labute approximate surface area is 232 Å². The average molecular weight is 543 g/mol. The van der Waals surface area contributed by atoms with Crippen molar-refractivity contribution in [3.63, 3.8) is 0 Å². The molecule has 0 radical (unpaired) electrons. The molecule has 40 heavy (non-hydrogen) atoms. The van der Waals surface area contributed by atoms with E-state index in [1.807, 2.05) is 80.6 Å². The van der Waals surface area contributed by atoms with Gasteiger partial charge in [-0.05, 0) is 43.7 Å². The summed E-state index contributed by atoms with van der Waals surface area (Å²) >= 11 is 0. The number of imide groups is 1. The van der Waals surface area contributed by atoms with Crippen LogP contribution in [-0.4, -0.2) is 54.3 Å². The van der Waals surface area contributed by atoms with Crippen LogP contribution in [0.5, 0.6) is 0 Å². The zero-order valence-corrected chi connectivity index (χ0v) is 22.2. The van der Waals surface area contributed by atoms with E-state index in [4.69, 9.17) is 23.8 Å². The molecule has 0 aromatic heterocycles. The lowest BCUT2D eigenvalue weighted by atomic mass is 9.89. The summed E-state index contributed by atoms with van der Waals surface area (Å²) in [6.45, 7) is 3.98. The maximum Gasteiger partial charge on any atom is 0.266 e. The van der Waals surface area contributed by atoms with Crippen molar-refractivity contribution in [3.8, 4) is 0 Å². The van der Waals surface area contributed by atoms with Crippen LogP contribution < -0.4 is 9.96 Å². The minimum Gasteiger partial charge on any atom is -0.368 e. The SMILES string of the molecule is CC1(C)OC2O[C@H]([C@@H]3[C@H]4C(=O)N(c5ccccc5)C(=O)[C@H]4ON3c3ccccc3)[C@H](OCc3ccccc3)C2O1. The Morgan fingerprint density at radius 1 is 0.775 bits per heavy atom. The molecule has 9 nitrogen and oxygen atoms in total. The van der Waals surface area contributed by atoms with Crippen LogP contribution in [0.4, 0.5) is 11.4 Å². The van der Waals surface area contributed by atoms with Gasteiger partial charge in [-0.3, -0.25) is 14.4 Å². The number of hydrogen-bond donors (Lipinski definition) is 0. The van der Waals surface area contributed by atoms with E-state index >= 15 is 0 Å². The first kappa shape index (κ1) is 25.4. The van der Waals surface area contributed by atoms with E-state index in [0.29, 0.717) is 18.0 Å². The molecule has 2 unspecified atom stereocenters. The Morgan fingerprint density at radius 2 is 1.40 bits per heavy atom. The largest absolute Gasteiger partial charge is 0.368 e. The lowest BCUT2D eigenvalue weighted by Crippen LogP contribution is -2.52. The Kier molecular flexibility index (Phi) is 6.21. The Balaban J connectivity index is 1.27. The standard InChI is InChI=1S/C31H30N2O7/c1-31(2)38-27-26(36-18-19-12-6-3-7-13-19)25(37-30(27)39-31)23-22-24(40-33(23)21-16-10-5-11-17-21)29(35)32(28(22)34)20-14-8-4-9-15-20/h3-17,22-27,30H,18H2,1-2H3/t22-,23+,24+,25-,26+,27?,30?/m1/s1. The molecule has 4 aliphatic heterocycles. The molecule has 7 atom stereocenters. The predicted octanol–water partition coefficient (Wildman–Crippen LogP) is 3.83. The van der Waals surface area contributed by atoms with Gasteiger partial charge in [-0.25, -0.2) is 9.96 Å². The lowest BCUT2D eigenvalue weighted by Gasteiger charge is -2.35. The van der Waals surface area contributed by atoms with Gasteiger partial charge in [-0.1, -0.05) is 66.7 Å². The quantitative estimate of drug-likeness (QED) is 0.435. The first-order chi connectivity index (χ1) is 19.4. The molecule has 0 bridgehead atoms. The van der Waals surface area contributed by atoms with E-state index in [1.54, 1.807) is 29.3 Å². The molecule has 0 spiro atoms. The first-order valence-electron chi connectivity index (χ1n) is 13.5. The van der Waals surface area contributed by atoms with Crippen molar-refractivity contribution in [3.05, 3.63) is 96.6 Å². The third-order valence-corrected chi connectivity index (χ3v) is 7.84. The summed E-state index contributed by atoms with van der Waals surface area (Å²) in [7, 11) is 0. The molecule has 9 heteroatoms. The second-order valence-corrected chi connectivity index (χ2v) is 10.9. The molecule has 2 amide bonds. The highest BCUT2D eigenvalue weighted by molar-refractivity contribution is 6.23. The van der Waals surface area contributed by atoms with Crippen LogP contribution in [0.15, 0.2) is 91.0 Å². The monoisotopic (exact) mass is 542 g/mol. The van der Waals surface area contributed by atoms with Gasteiger partial charge in [0.1, 0.15) is 30.3 Å². The summed E-state index contributed by atoms with van der Waals surface area (Å²) in [6, 6.07) is 27.5. The topological polar surface area (TPSA) is 86.8 Å². The van der Waals surface area contributed by atoms with Gasteiger partial charge in [0.2, 0.25) is 5.91 Å². The number of ether oxygens (including phenoxy) is 4. The van der Waals surface area contributed by atoms with Gasteiger partial charge >= 0.3 is 0 Å². The fourth-order valence-corrected chi connectivity index (χ4v) is 6.16. The van der Waals surface area contributed by atoms with Crippen molar-refractivity contribution in [1.82, 2.24) is 0 Å². The fourth-order valence-electron chi connectivity index (χ4n) is 6.16. The Bertz CT molecular complexity index is 1390. The van der Waals surface area contributed by atoms with Crippen LogP contribution in [0.25, 0.3) is 0 Å². The third-order valence-electron chi connectivity index (χ3n) is 7.84. The van der Waals surface area contributed by atoms with Crippen molar-refractivity contribution in [2.24, 2.45) is 5.92 Å². The van der Waals surface area contributed by atoms with E-state index in [2.05, 4.69) is 0 Å². The van der Waals surface area contributed by atoms with Gasteiger partial charge in [0.05, 0.1) is 18.0 Å². The van der Waals surface area contributed by atoms with Crippen LogP contribution in [-0.2, 0) is 40.0 Å². The summed E-state index contributed by atoms with van der Waals surface area (Å²) in [5, 5.41) is 1.64. The minimum atomic E-state index is -1.00. The van der Waals surface area contributed by atoms with Crippen molar-refractivity contribution in [1.29, 1.82) is 0 Å². The second-order valence-electron chi connectivity index (χ2n) is 10.9. The Morgan fingerprint density at radius 3 is 2.08 bits per heavy atom. The van der Waals surface area contributed by atoms with E-state index in [-0.39, 0.29) is 5.91 Å². The van der Waals surface area contributed by atoms with E-state index in [1.165, 1.54) is 4.90 Å². The van der Waals surface area contributed by atoms with Gasteiger partial charge in [-0.15, -0.1) is 0 Å². The zero-order chi connectivity index (χ0) is 27.4. The summed E-state index contributed by atoms with van der Waals surface area (Å²) in [5.41, 5.74) is 2.21. The van der Waals surface area contributed by atoms with Gasteiger partial charge in [0.25, 0.3) is 5.91 Å². The molecule has 4 fully saturated rings. The fraction of sp³-hybridized carbons (Fsp3) is 0.355. The van der Waals surface area contributed by atoms with Crippen molar-refractivity contribution >= 4 is 23.2 Å². The number of carbonyl (C=O) groups is 2. The summed E-state index contributed by atoms with van der Waals surface area (Å²) < 4.78 is 25.4. The molecular formula is C31H30N2O7. The molecule has 0 saturated carbocycles. The van der Waals surface area contributed by atoms with Crippen LogP contribution in [0, 0.1) is 5.92 Å². The van der Waals surface area contributed by atoms with Crippen molar-refractivity contribution < 1.29 is 33.4 Å². The number of amides is 2. The summed E-state index contributed by atoms with van der Waals surface area (Å²) in [4.78, 5) is 35.2. The van der Waals surface area contributed by atoms with Gasteiger partial charge in [0, 0.05) is 0 Å². The van der Waals surface area contributed by atoms with Gasteiger partial charge < -0.3 is 18.9 Å². The number of para-hydroxylation sites is 2. The van der Waals surface area contributed by atoms with Crippen LogP contribution in [0.1, 0.15) is 19.4 Å². The summed E-state index contributed by atoms with van der Waals surface area (Å²) in [5.74, 6) is -2.42. The molecule has 0 N–H and O–H groups in total. The number of carbonyl (C=O) groups excluding carboxylic acids is 2. The molecule has 3 aromatic rings. The molecule has 3 aromatic carbocycles. The number of nitrogens with zero attached hydrogens (tertiary/aromatic N) is 2. The highest BCUT2D eigenvalue weighted by atomic mass is 16.8. The minimum absolute atomic E-state index is 0.314. The average Bonchev–Trinajstić information content (AvgIpc) is 3.66. The van der Waals surface area contributed by atoms with Crippen LogP contribution >= 0.6 is 0 Å². The molecule has 4 aliphatic rings. The van der Waals surface area contributed by atoms with Crippen molar-refractivity contribution in [2.75, 3.05) is 9.96 Å². The smallest absolute Gasteiger partial charge is 0.266 e. The molecule has 7 rings (SSSR count). The Hall–Kier alpha value is -3.60. The predicted molar refractivity (Wildman–Crippen MR) is 144 cm³/mol. The number of anilines is 2. The van der Waals surface area contributed by atoms with Crippen molar-refractivity contribution in [2.45, 2.75) is 63.0 Å². The second kappa shape index (κ2) is 9.79. The van der Waals surface area contributed by atoms with Gasteiger partial charge in [-0.2, -0.15) is 0 Å². The number of rotatable bonds is 6. The molecule has 0 aliphatic carbocycles. The molecular weight excluding hydrogens is 512 g/mol. The van der Waals surface area contributed by atoms with Gasteiger partial charge in [0.15, 0.2) is 18.2 Å². The van der Waals surface area contributed by atoms with E-state index in [9.17, 15) is 9.59 Å². The highest BCUT2D eigenvalue weighted by Crippen LogP contribution is 2.47. The molecule has 206 valence electrons. The van der Waals surface area contributed by atoms with E-state index in [0.717, 1.165) is 5.56 Å². The van der Waals surface area contributed by atoms with Crippen LogP contribution in [0.3, 0.4) is 0 Å². The lowest BCUT2D eigenvalue weighted by molar-refractivity contribution is -0.222. The highest BCUT2D eigenvalue weighted by Gasteiger charge is 2.67. The van der Waals surface area contributed by atoms with Crippen LogP contribution in [0.2, 0.25) is 0 Å². The normalized spacial score (nSPS) is 32.5. The zero-order valence-electron chi connectivity index (χ0n) is 22.2. The number of hydroxylamine groups is 1. The molecule has 4 heterocycles. The number of hydrogen-bond acceptors (Lipinski definition) is 8. The maximum atomic E-state index is 14.0. The summed E-state index contributed by atoms with van der Waals surface area (Å²) in [6.07, 6.45) is -3.53. The number of fused-ring (bicyclic) bond motifs is 2. The maximum absolute atomic E-state index is 14.0. The third kappa shape index (κ3) is 4.22. The molecule has 4 saturated heterocycles. The first-order valence-corrected chi connectivity index (χ1v) is 13.5. The number of benzene rings is 3. The van der Waals surface area contributed by atoms with E-state index < -0.39 is 54.4 Å².